The quantitative estimate of drug-likeness (QED) is 0.381. The smallest absolute Gasteiger partial charge is 0.351 e. The fourth-order valence-corrected chi connectivity index (χ4v) is 3.49. The van der Waals surface area contributed by atoms with Crippen molar-refractivity contribution in [1.82, 2.24) is 0 Å². The summed E-state index contributed by atoms with van der Waals surface area (Å²) in [6.07, 6.45) is 1.83. The minimum atomic E-state index is -0.669. The molecule has 3 aromatic rings. The van der Waals surface area contributed by atoms with Crippen molar-refractivity contribution in [3.05, 3.63) is 88.4 Å². The van der Waals surface area contributed by atoms with Crippen molar-refractivity contribution in [2.45, 2.75) is 4.90 Å². The lowest BCUT2D eigenvalue weighted by molar-refractivity contribution is 0.0734. The number of urea groups is 1. The van der Waals surface area contributed by atoms with Crippen LogP contribution in [0.1, 0.15) is 10.4 Å². The van der Waals surface area contributed by atoms with Gasteiger partial charge in [0.1, 0.15) is 5.75 Å². The van der Waals surface area contributed by atoms with Crippen LogP contribution in [0, 0.1) is 0 Å². The Labute approximate surface area is 180 Å². The maximum Gasteiger partial charge on any atom is 0.351 e. The fraction of sp³-hybridized carbons (Fsp3) is 0.0476. The van der Waals surface area contributed by atoms with Gasteiger partial charge >= 0.3 is 12.0 Å². The highest BCUT2D eigenvalue weighted by Crippen LogP contribution is 2.18. The maximum atomic E-state index is 12.1. The highest BCUT2D eigenvalue weighted by atomic mass is 35.5. The van der Waals surface area contributed by atoms with Gasteiger partial charge in [0.15, 0.2) is 0 Å². The normalized spacial score (nSPS) is 11.7. The molecule has 1 atom stereocenters. The van der Waals surface area contributed by atoms with Crippen LogP contribution >= 0.6 is 23.2 Å². The van der Waals surface area contributed by atoms with Crippen molar-refractivity contribution >= 4 is 51.6 Å². The third-order valence-electron chi connectivity index (χ3n) is 3.77. The summed E-state index contributed by atoms with van der Waals surface area (Å²) in [7, 11) is -0.669. The first-order chi connectivity index (χ1) is 13.9. The number of nitrogens with one attached hydrogen (secondary N) is 1. The molecule has 29 heavy (non-hydrogen) atoms. The molecule has 0 saturated carbocycles. The Morgan fingerprint density at radius 2 is 1.41 bits per heavy atom. The van der Waals surface area contributed by atoms with Crippen molar-refractivity contribution in [2.24, 2.45) is 4.36 Å². The summed E-state index contributed by atoms with van der Waals surface area (Å²) in [6, 6.07) is 19.7. The van der Waals surface area contributed by atoms with Gasteiger partial charge in [-0.05, 0) is 79.1 Å². The van der Waals surface area contributed by atoms with Gasteiger partial charge in [0.25, 0.3) is 0 Å². The average molecular weight is 447 g/mol. The molecule has 0 radical (unpaired) electrons. The molecule has 0 bridgehead atoms. The largest absolute Gasteiger partial charge is 0.423 e. The number of hydrogen-bond donors (Lipinski definition) is 1. The number of carbonyl (C=O) groups excluding carboxylic acids is 2. The van der Waals surface area contributed by atoms with Gasteiger partial charge in [0, 0.05) is 20.6 Å². The van der Waals surface area contributed by atoms with Crippen molar-refractivity contribution in [3.8, 4) is 5.75 Å². The summed E-state index contributed by atoms with van der Waals surface area (Å²) in [4.78, 5) is 25.1. The third-order valence-corrected chi connectivity index (χ3v) is 5.67. The molecule has 3 rings (SSSR count). The Bertz CT molecular complexity index is 1050. The van der Waals surface area contributed by atoms with Crippen LogP contribution in [0.5, 0.6) is 5.75 Å². The Hall–Kier alpha value is -2.67. The standard InChI is InChI=1S/C21H16Cl2N2O3S/c1-29(25-21(27)24-17-8-6-16(23)7-9-17)19-12-10-18(11-13-19)28-20(26)14-2-4-15(22)5-3-14/h2-13H,1H3,(H,24,27). The molecular weight excluding hydrogens is 431 g/mol. The minimum Gasteiger partial charge on any atom is -0.423 e. The van der Waals surface area contributed by atoms with E-state index in [4.69, 9.17) is 27.9 Å². The molecule has 0 saturated heterocycles. The number of hydrogen-bond acceptors (Lipinski definition) is 3. The second-order valence-corrected chi connectivity index (χ2v) is 8.36. The van der Waals surface area contributed by atoms with E-state index in [1.165, 1.54) is 0 Å². The van der Waals surface area contributed by atoms with E-state index in [1.807, 2.05) is 6.26 Å². The monoisotopic (exact) mass is 446 g/mol. The summed E-state index contributed by atoms with van der Waals surface area (Å²) < 4.78 is 9.48. The van der Waals surface area contributed by atoms with Gasteiger partial charge in [-0.25, -0.2) is 9.59 Å². The summed E-state index contributed by atoms with van der Waals surface area (Å²) in [5, 5.41) is 3.83. The maximum absolute atomic E-state index is 12.1. The zero-order valence-electron chi connectivity index (χ0n) is 15.3. The lowest BCUT2D eigenvalue weighted by Gasteiger charge is -2.07. The summed E-state index contributed by atoms with van der Waals surface area (Å²) in [5.74, 6) is -0.0757. The fourth-order valence-electron chi connectivity index (χ4n) is 2.31. The van der Waals surface area contributed by atoms with Crippen LogP contribution < -0.4 is 10.1 Å². The predicted octanol–water partition coefficient (Wildman–Crippen LogP) is 6.24. The van der Waals surface area contributed by atoms with Crippen LogP contribution in [-0.2, 0) is 10.7 Å². The topological polar surface area (TPSA) is 67.8 Å². The first kappa shape index (κ1) is 21.0. The molecule has 8 heteroatoms. The Balaban J connectivity index is 1.63. The number of esters is 1. The van der Waals surface area contributed by atoms with Crippen LogP contribution in [0.2, 0.25) is 10.0 Å². The Kier molecular flexibility index (Phi) is 7.04. The number of halogens is 2. The highest BCUT2D eigenvalue weighted by Gasteiger charge is 2.09. The van der Waals surface area contributed by atoms with Crippen LogP contribution in [-0.4, -0.2) is 18.3 Å². The van der Waals surface area contributed by atoms with Crippen molar-refractivity contribution in [2.75, 3.05) is 11.6 Å². The van der Waals surface area contributed by atoms with Crippen LogP contribution in [0.15, 0.2) is 82.1 Å². The van der Waals surface area contributed by atoms with Gasteiger partial charge in [-0.2, -0.15) is 4.36 Å². The first-order valence-corrected chi connectivity index (χ1v) is 10.8. The van der Waals surface area contributed by atoms with E-state index in [9.17, 15) is 9.59 Å². The molecule has 5 nitrogen and oxygen atoms in total. The molecule has 0 aromatic heterocycles. The predicted molar refractivity (Wildman–Crippen MR) is 117 cm³/mol. The lowest BCUT2D eigenvalue weighted by Crippen LogP contribution is -2.08. The second kappa shape index (κ2) is 9.69. The number of amides is 2. The van der Waals surface area contributed by atoms with Crippen LogP contribution in [0.3, 0.4) is 0 Å². The van der Waals surface area contributed by atoms with Crippen molar-refractivity contribution in [3.63, 3.8) is 0 Å². The summed E-state index contributed by atoms with van der Waals surface area (Å²) >= 11 is 11.6. The summed E-state index contributed by atoms with van der Waals surface area (Å²) in [5.41, 5.74) is 1.02. The molecule has 2 amide bonds. The number of rotatable bonds is 4. The van der Waals surface area contributed by atoms with E-state index in [-0.39, 0.29) is 0 Å². The van der Waals surface area contributed by atoms with Crippen LogP contribution in [0.25, 0.3) is 0 Å². The minimum absolute atomic E-state index is 0.399. The number of anilines is 1. The zero-order chi connectivity index (χ0) is 20.8. The van der Waals surface area contributed by atoms with Gasteiger partial charge in [-0.15, -0.1) is 0 Å². The molecular formula is C21H16Cl2N2O3S. The van der Waals surface area contributed by atoms with Crippen molar-refractivity contribution < 1.29 is 14.3 Å². The molecule has 0 aliphatic carbocycles. The molecule has 0 fully saturated rings. The van der Waals surface area contributed by atoms with E-state index in [0.29, 0.717) is 27.0 Å². The average Bonchev–Trinajstić information content (AvgIpc) is 2.70. The van der Waals surface area contributed by atoms with Gasteiger partial charge in [-0.3, -0.25) is 0 Å². The second-order valence-electron chi connectivity index (χ2n) is 5.87. The number of nitrogens with zero attached hydrogens (tertiary/aromatic N) is 1. The van der Waals surface area contributed by atoms with Gasteiger partial charge in [-0.1, -0.05) is 33.9 Å². The number of carbonyl (C=O) groups is 2. The van der Waals surface area contributed by atoms with E-state index >= 15 is 0 Å². The van der Waals surface area contributed by atoms with Gasteiger partial charge in [0.2, 0.25) is 0 Å². The first-order valence-electron chi connectivity index (χ1n) is 8.43. The molecule has 148 valence electrons. The highest BCUT2D eigenvalue weighted by molar-refractivity contribution is 7.87. The van der Waals surface area contributed by atoms with E-state index < -0.39 is 22.7 Å². The number of ether oxygens (including phenoxy) is 1. The Morgan fingerprint density at radius 3 is 2.00 bits per heavy atom. The van der Waals surface area contributed by atoms with E-state index in [0.717, 1.165) is 4.90 Å². The SMILES string of the molecule is C/S(=N\C(=O)Nc1ccc(Cl)cc1)c1ccc(OC(=O)c2ccc(Cl)cc2)cc1. The molecule has 0 aliphatic rings. The summed E-state index contributed by atoms with van der Waals surface area (Å²) in [6.45, 7) is 0. The van der Waals surface area contributed by atoms with Gasteiger partial charge < -0.3 is 10.1 Å². The molecule has 0 heterocycles. The van der Waals surface area contributed by atoms with E-state index in [2.05, 4.69) is 9.68 Å². The zero-order valence-corrected chi connectivity index (χ0v) is 17.6. The molecule has 0 aliphatic heterocycles. The van der Waals surface area contributed by atoms with E-state index in [1.54, 1.807) is 72.8 Å². The Morgan fingerprint density at radius 1 is 0.862 bits per heavy atom. The molecule has 1 unspecified atom stereocenters. The molecule has 0 spiro atoms. The lowest BCUT2D eigenvalue weighted by atomic mass is 10.2. The molecule has 3 aromatic carbocycles. The number of benzene rings is 3. The van der Waals surface area contributed by atoms with Gasteiger partial charge in [0.05, 0.1) is 5.56 Å². The molecule has 1 N–H and O–H groups in total. The van der Waals surface area contributed by atoms with Crippen molar-refractivity contribution in [1.29, 1.82) is 0 Å². The van der Waals surface area contributed by atoms with Crippen LogP contribution in [0.4, 0.5) is 10.5 Å². The third kappa shape index (κ3) is 6.15.